The van der Waals surface area contributed by atoms with Gasteiger partial charge in [-0.3, -0.25) is 4.79 Å². The van der Waals surface area contributed by atoms with Crippen molar-refractivity contribution < 1.29 is 9.32 Å². The van der Waals surface area contributed by atoms with Crippen LogP contribution in [-0.4, -0.2) is 17.1 Å². The van der Waals surface area contributed by atoms with Gasteiger partial charge in [0.25, 0.3) is 0 Å². The van der Waals surface area contributed by atoms with E-state index in [1.165, 1.54) is 16.9 Å². The molecule has 34 heavy (non-hydrogen) atoms. The third kappa shape index (κ3) is 4.61. The molecule has 7 heteroatoms. The maximum atomic E-state index is 13.4. The summed E-state index contributed by atoms with van der Waals surface area (Å²) in [7, 11) is 0. The van der Waals surface area contributed by atoms with E-state index in [2.05, 4.69) is 60.4 Å². The largest absolute Gasteiger partial charge is 0.355 e. The number of halogens is 1. The number of fused-ring (bicyclic) bond motifs is 1. The van der Waals surface area contributed by atoms with Crippen molar-refractivity contribution >= 4 is 40.2 Å². The monoisotopic (exact) mass is 491 g/mol. The van der Waals surface area contributed by atoms with Crippen LogP contribution in [0.25, 0.3) is 10.6 Å². The highest BCUT2D eigenvalue weighted by Crippen LogP contribution is 2.36. The van der Waals surface area contributed by atoms with Crippen LogP contribution in [-0.2, 0) is 23.2 Å². The van der Waals surface area contributed by atoms with Crippen molar-refractivity contribution in [2.24, 2.45) is 0 Å². The molecule has 1 aliphatic rings. The van der Waals surface area contributed by atoms with Gasteiger partial charge in [0.15, 0.2) is 5.76 Å². The molecular weight excluding hydrogens is 466 g/mol. The van der Waals surface area contributed by atoms with E-state index in [9.17, 15) is 4.79 Å². The summed E-state index contributed by atoms with van der Waals surface area (Å²) < 4.78 is 6.27. The zero-order chi connectivity index (χ0) is 23.9. The molecule has 5 nitrogen and oxygen atoms in total. The summed E-state index contributed by atoms with van der Waals surface area (Å²) in [6.07, 6.45) is 0.646. The molecule has 3 heterocycles. The first-order chi connectivity index (χ1) is 16.3. The van der Waals surface area contributed by atoms with Crippen LogP contribution in [0.4, 0.5) is 11.4 Å². The van der Waals surface area contributed by atoms with Gasteiger partial charge < -0.3 is 14.7 Å². The minimum atomic E-state index is -0.337. The molecule has 1 atom stereocenters. The van der Waals surface area contributed by atoms with Gasteiger partial charge in [-0.15, -0.1) is 11.3 Å². The van der Waals surface area contributed by atoms with E-state index in [1.807, 2.05) is 42.5 Å². The van der Waals surface area contributed by atoms with Crippen molar-refractivity contribution in [1.82, 2.24) is 5.16 Å². The molecule has 1 N–H and O–H groups in total. The molecule has 0 saturated heterocycles. The lowest BCUT2D eigenvalue weighted by molar-refractivity contribution is -0.117. The summed E-state index contributed by atoms with van der Waals surface area (Å²) in [4.78, 5) is 16.4. The van der Waals surface area contributed by atoms with E-state index >= 15 is 0 Å². The zero-order valence-corrected chi connectivity index (χ0v) is 20.9. The van der Waals surface area contributed by atoms with E-state index in [0.29, 0.717) is 23.1 Å². The van der Waals surface area contributed by atoms with Gasteiger partial charge >= 0.3 is 0 Å². The number of nitrogens with zero attached hydrogens (tertiary/aromatic N) is 2. The van der Waals surface area contributed by atoms with Crippen LogP contribution in [0.1, 0.15) is 37.6 Å². The summed E-state index contributed by atoms with van der Waals surface area (Å²) in [6, 6.07) is 21.6. The van der Waals surface area contributed by atoms with Crippen LogP contribution in [0.3, 0.4) is 0 Å². The van der Waals surface area contributed by atoms with Crippen molar-refractivity contribution in [3.05, 3.63) is 87.9 Å². The Hall–Kier alpha value is -3.09. The third-order valence-corrected chi connectivity index (χ3v) is 7.36. The lowest BCUT2D eigenvalue weighted by Crippen LogP contribution is -2.41. The first-order valence-corrected chi connectivity index (χ1v) is 12.4. The molecule has 0 spiro atoms. The van der Waals surface area contributed by atoms with Gasteiger partial charge in [0.1, 0.15) is 11.7 Å². The molecule has 5 rings (SSSR count). The standard InChI is InChI=1S/C27H26ClN3O2S/c1-27(2,3)18-8-10-19(11-9-18)29-26(32)22-14-17-6-4-5-7-21(17)31(22)16-20-15-23(33-30-20)24-12-13-25(28)34-24/h4-13,15,22H,14,16H2,1-3H3,(H,29,32). The Morgan fingerprint density at radius 2 is 1.91 bits per heavy atom. The molecule has 0 saturated carbocycles. The summed E-state index contributed by atoms with van der Waals surface area (Å²) in [6.45, 7) is 7.00. The van der Waals surface area contributed by atoms with Crippen molar-refractivity contribution in [2.45, 2.75) is 45.2 Å². The molecule has 174 valence electrons. The van der Waals surface area contributed by atoms with Crippen LogP contribution in [0.5, 0.6) is 0 Å². The lowest BCUT2D eigenvalue weighted by Gasteiger charge is -2.26. The number of hydrogen-bond acceptors (Lipinski definition) is 5. The Morgan fingerprint density at radius 1 is 1.15 bits per heavy atom. The van der Waals surface area contributed by atoms with Crippen molar-refractivity contribution in [2.75, 3.05) is 10.2 Å². The molecule has 0 aliphatic carbocycles. The van der Waals surface area contributed by atoms with E-state index in [1.54, 1.807) is 0 Å². The predicted octanol–water partition coefficient (Wildman–Crippen LogP) is 6.92. The second-order valence-corrected chi connectivity index (χ2v) is 11.3. The second-order valence-electron chi connectivity index (χ2n) is 9.58. The van der Waals surface area contributed by atoms with Gasteiger partial charge in [-0.05, 0) is 46.9 Å². The number of rotatable bonds is 5. The normalized spacial score (nSPS) is 15.4. The molecule has 1 unspecified atom stereocenters. The number of benzene rings is 2. The predicted molar refractivity (Wildman–Crippen MR) is 139 cm³/mol. The fourth-order valence-electron chi connectivity index (χ4n) is 4.28. The minimum absolute atomic E-state index is 0.0338. The number of nitrogens with one attached hydrogen (secondary N) is 1. The molecule has 0 radical (unpaired) electrons. The smallest absolute Gasteiger partial charge is 0.247 e. The highest BCUT2D eigenvalue weighted by molar-refractivity contribution is 7.19. The first kappa shape index (κ1) is 22.7. The minimum Gasteiger partial charge on any atom is -0.355 e. The number of hydrogen-bond donors (Lipinski definition) is 1. The molecule has 4 aromatic rings. The highest BCUT2D eigenvalue weighted by atomic mass is 35.5. The van der Waals surface area contributed by atoms with Crippen LogP contribution in [0.15, 0.2) is 71.3 Å². The SMILES string of the molecule is CC(C)(C)c1ccc(NC(=O)C2Cc3ccccc3N2Cc2cc(-c3ccc(Cl)s3)on2)cc1. The van der Waals surface area contributed by atoms with Crippen molar-refractivity contribution in [3.63, 3.8) is 0 Å². The van der Waals surface area contributed by atoms with Gasteiger partial charge in [0.05, 0.1) is 15.8 Å². The number of para-hydroxylation sites is 1. The van der Waals surface area contributed by atoms with Crippen LogP contribution >= 0.6 is 22.9 Å². The average Bonchev–Trinajstić information content (AvgIpc) is 3.53. The number of anilines is 2. The lowest BCUT2D eigenvalue weighted by atomic mass is 9.87. The summed E-state index contributed by atoms with van der Waals surface area (Å²) in [5.74, 6) is 0.646. The molecule has 0 fully saturated rings. The second kappa shape index (κ2) is 8.93. The third-order valence-electron chi connectivity index (χ3n) is 6.12. The van der Waals surface area contributed by atoms with Crippen LogP contribution < -0.4 is 10.2 Å². The summed E-state index contributed by atoms with van der Waals surface area (Å²) in [5, 5.41) is 7.37. The fourth-order valence-corrected chi connectivity index (χ4v) is 5.27. The first-order valence-electron chi connectivity index (χ1n) is 11.3. The molecule has 2 aromatic carbocycles. The van der Waals surface area contributed by atoms with E-state index in [4.69, 9.17) is 16.1 Å². The Balaban J connectivity index is 1.36. The molecule has 1 aliphatic heterocycles. The molecule has 2 aromatic heterocycles. The van der Waals surface area contributed by atoms with Crippen LogP contribution in [0.2, 0.25) is 4.34 Å². The van der Waals surface area contributed by atoms with Gasteiger partial charge in [-0.1, -0.05) is 67.9 Å². The Morgan fingerprint density at radius 3 is 2.62 bits per heavy atom. The number of thiophene rings is 1. The zero-order valence-electron chi connectivity index (χ0n) is 19.3. The average molecular weight is 492 g/mol. The number of carbonyl (C=O) groups is 1. The quantitative estimate of drug-likeness (QED) is 0.329. The topological polar surface area (TPSA) is 58.4 Å². The van der Waals surface area contributed by atoms with Crippen molar-refractivity contribution in [1.29, 1.82) is 0 Å². The van der Waals surface area contributed by atoms with Gasteiger partial charge in [0.2, 0.25) is 5.91 Å². The fraction of sp³-hybridized carbons (Fsp3) is 0.259. The maximum Gasteiger partial charge on any atom is 0.247 e. The van der Waals surface area contributed by atoms with Gasteiger partial charge in [-0.25, -0.2) is 0 Å². The Kier molecular flexibility index (Phi) is 5.96. The Labute approximate surface area is 208 Å². The number of carbonyl (C=O) groups excluding carboxylic acids is 1. The van der Waals surface area contributed by atoms with E-state index < -0.39 is 0 Å². The number of aromatic nitrogens is 1. The highest BCUT2D eigenvalue weighted by Gasteiger charge is 2.35. The van der Waals surface area contributed by atoms with Gasteiger partial charge in [-0.2, -0.15) is 0 Å². The molecular formula is C27H26ClN3O2S. The molecule has 0 bridgehead atoms. The van der Waals surface area contributed by atoms with Crippen LogP contribution in [0, 0.1) is 0 Å². The number of amides is 1. The van der Waals surface area contributed by atoms with Gasteiger partial charge in [0, 0.05) is 23.9 Å². The Bertz CT molecular complexity index is 1320. The van der Waals surface area contributed by atoms with E-state index in [-0.39, 0.29) is 17.4 Å². The van der Waals surface area contributed by atoms with E-state index in [0.717, 1.165) is 27.5 Å². The summed E-state index contributed by atoms with van der Waals surface area (Å²) >= 11 is 7.51. The van der Waals surface area contributed by atoms with Crippen molar-refractivity contribution in [3.8, 4) is 10.6 Å². The maximum absolute atomic E-state index is 13.4. The summed E-state index contributed by atoms with van der Waals surface area (Å²) in [5.41, 5.74) is 5.07. The molecule has 1 amide bonds.